The lowest BCUT2D eigenvalue weighted by Crippen LogP contribution is -2.01. The number of benzene rings is 2. The molecule has 0 spiro atoms. The Bertz CT molecular complexity index is 875. The lowest BCUT2D eigenvalue weighted by molar-refractivity contribution is 0.294. The highest BCUT2D eigenvalue weighted by molar-refractivity contribution is 9.10. The summed E-state index contributed by atoms with van der Waals surface area (Å²) in [7, 11) is 0. The van der Waals surface area contributed by atoms with Gasteiger partial charge in [-0.15, -0.1) is 0 Å². The third-order valence-electron chi connectivity index (χ3n) is 3.18. The van der Waals surface area contributed by atoms with Gasteiger partial charge in [0.2, 0.25) is 11.8 Å². The number of anilines is 2. The van der Waals surface area contributed by atoms with E-state index in [0.29, 0.717) is 24.0 Å². The molecule has 2 aromatic carbocycles. The van der Waals surface area contributed by atoms with Crippen molar-refractivity contribution in [2.75, 3.05) is 5.32 Å². The third-order valence-corrected chi connectivity index (χ3v) is 3.67. The summed E-state index contributed by atoms with van der Waals surface area (Å²) in [5, 5.41) is 11.9. The second kappa shape index (κ2) is 7.57. The summed E-state index contributed by atoms with van der Waals surface area (Å²) in [6.45, 7) is 0.423. The Hall–Kier alpha value is -2.91. The van der Waals surface area contributed by atoms with Crippen molar-refractivity contribution in [3.8, 4) is 11.9 Å². The van der Waals surface area contributed by atoms with Crippen molar-refractivity contribution in [2.45, 2.75) is 6.61 Å². The highest BCUT2D eigenvalue weighted by atomic mass is 79.9. The molecule has 0 fully saturated rings. The van der Waals surface area contributed by atoms with Gasteiger partial charge in [0, 0.05) is 22.4 Å². The van der Waals surface area contributed by atoms with Gasteiger partial charge in [0.15, 0.2) is 0 Å². The predicted molar refractivity (Wildman–Crippen MR) is 94.9 cm³/mol. The second-order valence-electron chi connectivity index (χ2n) is 4.95. The first-order chi connectivity index (χ1) is 11.7. The number of ether oxygens (including phenoxy) is 1. The molecule has 0 aliphatic carbocycles. The van der Waals surface area contributed by atoms with Gasteiger partial charge in [-0.05, 0) is 42.0 Å². The molecule has 3 rings (SSSR count). The minimum Gasteiger partial charge on any atom is -0.473 e. The zero-order valence-electron chi connectivity index (χ0n) is 12.6. The molecule has 0 atom stereocenters. The van der Waals surface area contributed by atoms with Crippen molar-refractivity contribution in [1.82, 2.24) is 9.97 Å². The van der Waals surface area contributed by atoms with Crippen LogP contribution in [0.15, 0.2) is 65.3 Å². The number of nitrogens with zero attached hydrogens (tertiary/aromatic N) is 3. The normalized spacial score (nSPS) is 10.0. The van der Waals surface area contributed by atoms with E-state index < -0.39 is 0 Å². The average Bonchev–Trinajstić information content (AvgIpc) is 2.61. The van der Waals surface area contributed by atoms with E-state index in [9.17, 15) is 0 Å². The highest BCUT2D eigenvalue weighted by Gasteiger charge is 2.02. The molecule has 6 heteroatoms. The highest BCUT2D eigenvalue weighted by Crippen LogP contribution is 2.17. The van der Waals surface area contributed by atoms with Gasteiger partial charge in [0.1, 0.15) is 6.61 Å². The maximum absolute atomic E-state index is 8.81. The molecule has 24 heavy (non-hydrogen) atoms. The molecule has 0 bridgehead atoms. The minimum atomic E-state index is 0.423. The van der Waals surface area contributed by atoms with E-state index in [1.54, 1.807) is 36.5 Å². The van der Waals surface area contributed by atoms with Gasteiger partial charge in [0.05, 0.1) is 11.6 Å². The van der Waals surface area contributed by atoms with Gasteiger partial charge in [-0.1, -0.05) is 28.1 Å². The Balaban J connectivity index is 1.66. The van der Waals surface area contributed by atoms with Crippen molar-refractivity contribution in [2.24, 2.45) is 0 Å². The summed E-state index contributed by atoms with van der Waals surface area (Å²) in [5.41, 5.74) is 2.45. The first-order valence-electron chi connectivity index (χ1n) is 7.20. The van der Waals surface area contributed by atoms with Crippen LogP contribution in [0.25, 0.3) is 0 Å². The van der Waals surface area contributed by atoms with Gasteiger partial charge in [-0.2, -0.15) is 10.2 Å². The Kier molecular flexibility index (Phi) is 5.04. The molecule has 3 aromatic rings. The second-order valence-corrected chi connectivity index (χ2v) is 5.87. The van der Waals surface area contributed by atoms with E-state index in [4.69, 9.17) is 10.00 Å². The number of nitriles is 1. The van der Waals surface area contributed by atoms with Crippen LogP contribution in [0.4, 0.5) is 11.6 Å². The molecule has 5 nitrogen and oxygen atoms in total. The van der Waals surface area contributed by atoms with Crippen LogP contribution in [-0.2, 0) is 6.61 Å². The molecule has 1 aromatic heterocycles. The maximum atomic E-state index is 8.81. The van der Waals surface area contributed by atoms with Crippen molar-refractivity contribution >= 4 is 27.6 Å². The van der Waals surface area contributed by atoms with E-state index in [0.717, 1.165) is 15.7 Å². The lowest BCUT2D eigenvalue weighted by atomic mass is 10.2. The van der Waals surface area contributed by atoms with E-state index in [1.807, 2.05) is 24.3 Å². The molecular weight excluding hydrogens is 368 g/mol. The quantitative estimate of drug-likeness (QED) is 0.708. The van der Waals surface area contributed by atoms with Crippen molar-refractivity contribution in [1.29, 1.82) is 5.26 Å². The van der Waals surface area contributed by atoms with Gasteiger partial charge in [-0.3, -0.25) is 0 Å². The number of hydrogen-bond donors (Lipinski definition) is 1. The third kappa shape index (κ3) is 4.31. The van der Waals surface area contributed by atoms with Gasteiger partial charge in [-0.25, -0.2) is 4.98 Å². The van der Waals surface area contributed by atoms with Gasteiger partial charge >= 0.3 is 0 Å². The molecule has 0 saturated carbocycles. The fourth-order valence-corrected chi connectivity index (χ4v) is 2.47. The first-order valence-corrected chi connectivity index (χ1v) is 8.00. The zero-order chi connectivity index (χ0) is 16.8. The molecule has 118 valence electrons. The fourth-order valence-electron chi connectivity index (χ4n) is 2.02. The summed E-state index contributed by atoms with van der Waals surface area (Å²) in [5.74, 6) is 0.924. The van der Waals surface area contributed by atoms with Crippen LogP contribution < -0.4 is 10.1 Å². The number of rotatable bonds is 5. The lowest BCUT2D eigenvalue weighted by Gasteiger charge is -2.08. The molecule has 0 aliphatic rings. The smallest absolute Gasteiger partial charge is 0.230 e. The van der Waals surface area contributed by atoms with E-state index in [2.05, 4.69) is 37.3 Å². The molecule has 1 N–H and O–H groups in total. The van der Waals surface area contributed by atoms with Crippen LogP contribution in [0.3, 0.4) is 0 Å². The average molecular weight is 381 g/mol. The summed E-state index contributed by atoms with van der Waals surface area (Å²) in [6.07, 6.45) is 1.63. The van der Waals surface area contributed by atoms with E-state index in [1.165, 1.54) is 0 Å². The molecule has 0 radical (unpaired) electrons. The van der Waals surface area contributed by atoms with Crippen LogP contribution >= 0.6 is 15.9 Å². The summed E-state index contributed by atoms with van der Waals surface area (Å²) in [4.78, 5) is 8.50. The number of halogens is 1. The van der Waals surface area contributed by atoms with Crippen molar-refractivity contribution in [3.05, 3.63) is 76.4 Å². The summed E-state index contributed by atoms with van der Waals surface area (Å²) >= 11 is 3.44. The largest absolute Gasteiger partial charge is 0.473 e. The SMILES string of the molecule is N#Cc1ccc(Nc2nccc(OCc3cccc(Br)c3)n2)cc1. The molecule has 0 aliphatic heterocycles. The molecule has 0 unspecified atom stereocenters. The Labute approximate surface area is 148 Å². The zero-order valence-corrected chi connectivity index (χ0v) is 14.2. The van der Waals surface area contributed by atoms with Gasteiger partial charge < -0.3 is 10.1 Å². The first kappa shape index (κ1) is 16.0. The van der Waals surface area contributed by atoms with Crippen molar-refractivity contribution in [3.63, 3.8) is 0 Å². The Morgan fingerprint density at radius 2 is 1.96 bits per heavy atom. The Morgan fingerprint density at radius 1 is 1.12 bits per heavy atom. The molecule has 0 saturated heterocycles. The molecule has 1 heterocycles. The standard InChI is InChI=1S/C18H13BrN4O/c19-15-3-1-2-14(10-15)12-24-17-8-9-21-18(23-17)22-16-6-4-13(11-20)5-7-16/h1-10H,12H2,(H,21,22,23). The summed E-state index contributed by atoms with van der Waals surface area (Å²) in [6, 6.07) is 18.8. The van der Waals surface area contributed by atoms with Crippen LogP contribution in [0.5, 0.6) is 5.88 Å². The molecule has 0 amide bonds. The van der Waals surface area contributed by atoms with Crippen LogP contribution in [0.2, 0.25) is 0 Å². The van der Waals surface area contributed by atoms with Crippen LogP contribution in [0, 0.1) is 11.3 Å². The predicted octanol–water partition coefficient (Wildman–Crippen LogP) is 4.43. The molecular formula is C18H13BrN4O. The Morgan fingerprint density at radius 3 is 2.71 bits per heavy atom. The number of aromatic nitrogens is 2. The van der Waals surface area contributed by atoms with E-state index in [-0.39, 0.29) is 0 Å². The van der Waals surface area contributed by atoms with Crippen molar-refractivity contribution < 1.29 is 4.74 Å². The van der Waals surface area contributed by atoms with Crippen LogP contribution in [0.1, 0.15) is 11.1 Å². The summed E-state index contributed by atoms with van der Waals surface area (Å²) < 4.78 is 6.72. The minimum absolute atomic E-state index is 0.423. The van der Waals surface area contributed by atoms with Crippen LogP contribution in [-0.4, -0.2) is 9.97 Å². The number of nitrogens with one attached hydrogen (secondary N) is 1. The van der Waals surface area contributed by atoms with E-state index >= 15 is 0 Å². The maximum Gasteiger partial charge on any atom is 0.230 e. The van der Waals surface area contributed by atoms with Gasteiger partial charge in [0.25, 0.3) is 0 Å². The fraction of sp³-hybridized carbons (Fsp3) is 0.0556. The monoisotopic (exact) mass is 380 g/mol. The topological polar surface area (TPSA) is 70.8 Å². The number of hydrogen-bond acceptors (Lipinski definition) is 5.